The van der Waals surface area contributed by atoms with Gasteiger partial charge in [-0.15, -0.1) is 0 Å². The Morgan fingerprint density at radius 2 is 1.87 bits per heavy atom. The van der Waals surface area contributed by atoms with Crippen molar-refractivity contribution >= 4 is 11.6 Å². The van der Waals surface area contributed by atoms with Crippen LogP contribution < -0.4 is 15.0 Å². The van der Waals surface area contributed by atoms with Crippen LogP contribution in [0.1, 0.15) is 25.2 Å². The van der Waals surface area contributed by atoms with Gasteiger partial charge in [-0.3, -0.25) is 0 Å². The molecule has 0 bridgehead atoms. The Labute approximate surface area is 138 Å². The van der Waals surface area contributed by atoms with Gasteiger partial charge in [-0.2, -0.15) is 0 Å². The number of methoxy groups -OCH3 is 1. The van der Waals surface area contributed by atoms with Crippen LogP contribution in [0.25, 0.3) is 0 Å². The van der Waals surface area contributed by atoms with Crippen LogP contribution in [0.3, 0.4) is 0 Å². The second kappa shape index (κ2) is 8.36. The van der Waals surface area contributed by atoms with Gasteiger partial charge in [0.2, 0.25) is 0 Å². The lowest BCUT2D eigenvalue weighted by molar-refractivity contribution is 0.410. The highest BCUT2D eigenvalue weighted by molar-refractivity contribution is 5.49. The van der Waals surface area contributed by atoms with Gasteiger partial charge in [0, 0.05) is 25.7 Å². The van der Waals surface area contributed by atoms with E-state index in [1.807, 2.05) is 31.2 Å². The molecule has 0 saturated heterocycles. The molecule has 1 aromatic carbocycles. The first-order chi connectivity index (χ1) is 11.2. The number of aryl methyl sites for hydroxylation is 1. The molecular weight excluding hydrogens is 288 g/mol. The molecule has 0 aliphatic rings. The summed E-state index contributed by atoms with van der Waals surface area (Å²) in [5.74, 6) is 3.56. The minimum atomic E-state index is 0.786. The van der Waals surface area contributed by atoms with Crippen molar-refractivity contribution in [1.29, 1.82) is 0 Å². The molecule has 5 heteroatoms. The van der Waals surface area contributed by atoms with Gasteiger partial charge in [0.1, 0.15) is 23.2 Å². The number of rotatable bonds is 8. The minimum absolute atomic E-state index is 0.786. The van der Waals surface area contributed by atoms with E-state index in [9.17, 15) is 0 Å². The summed E-state index contributed by atoms with van der Waals surface area (Å²) in [7, 11) is 1.70. The second-order valence-corrected chi connectivity index (χ2v) is 5.32. The van der Waals surface area contributed by atoms with Crippen molar-refractivity contribution in [1.82, 2.24) is 9.97 Å². The van der Waals surface area contributed by atoms with Gasteiger partial charge in [-0.05, 0) is 38.8 Å². The molecule has 0 amide bonds. The number of nitrogens with one attached hydrogen (secondary N) is 1. The molecule has 0 atom stereocenters. The highest BCUT2D eigenvalue weighted by Crippen LogP contribution is 2.19. The lowest BCUT2D eigenvalue weighted by Crippen LogP contribution is -2.23. The predicted molar refractivity (Wildman–Crippen MR) is 95.5 cm³/mol. The molecule has 1 aromatic heterocycles. The summed E-state index contributed by atoms with van der Waals surface area (Å²) in [6, 6.07) is 10.1. The summed E-state index contributed by atoms with van der Waals surface area (Å²) in [4.78, 5) is 11.2. The smallest absolute Gasteiger partial charge is 0.134 e. The Morgan fingerprint density at radius 1 is 1.13 bits per heavy atom. The maximum absolute atomic E-state index is 5.39. The van der Waals surface area contributed by atoms with Crippen molar-refractivity contribution < 1.29 is 4.74 Å². The van der Waals surface area contributed by atoms with Gasteiger partial charge in [0.15, 0.2) is 0 Å². The third kappa shape index (κ3) is 4.58. The van der Waals surface area contributed by atoms with Gasteiger partial charge in [-0.25, -0.2) is 9.97 Å². The van der Waals surface area contributed by atoms with Crippen LogP contribution in [0.4, 0.5) is 11.6 Å². The fourth-order valence-corrected chi connectivity index (χ4v) is 2.59. The zero-order valence-corrected chi connectivity index (χ0v) is 14.5. The number of anilines is 2. The maximum Gasteiger partial charge on any atom is 0.134 e. The molecule has 0 unspecified atom stereocenters. The summed E-state index contributed by atoms with van der Waals surface area (Å²) in [5.41, 5.74) is 1.19. The zero-order chi connectivity index (χ0) is 16.7. The Hall–Kier alpha value is -2.30. The van der Waals surface area contributed by atoms with Crippen LogP contribution >= 0.6 is 0 Å². The monoisotopic (exact) mass is 314 g/mol. The number of ether oxygens (including phenoxy) is 1. The van der Waals surface area contributed by atoms with E-state index in [4.69, 9.17) is 4.74 Å². The summed E-state index contributed by atoms with van der Waals surface area (Å²) in [6.45, 7) is 8.87. The fourth-order valence-electron chi connectivity index (χ4n) is 2.59. The van der Waals surface area contributed by atoms with Gasteiger partial charge in [-0.1, -0.05) is 18.2 Å². The van der Waals surface area contributed by atoms with Crippen molar-refractivity contribution in [2.75, 3.05) is 37.0 Å². The van der Waals surface area contributed by atoms with Crippen LogP contribution in [-0.2, 0) is 6.42 Å². The van der Waals surface area contributed by atoms with E-state index in [2.05, 4.69) is 40.1 Å². The van der Waals surface area contributed by atoms with Crippen molar-refractivity contribution in [3.8, 4) is 5.75 Å². The Balaban J connectivity index is 2.03. The van der Waals surface area contributed by atoms with Gasteiger partial charge in [0.25, 0.3) is 0 Å². The van der Waals surface area contributed by atoms with Crippen molar-refractivity contribution in [2.45, 2.75) is 27.2 Å². The molecule has 124 valence electrons. The Morgan fingerprint density at radius 3 is 2.57 bits per heavy atom. The fraction of sp³-hybridized carbons (Fsp3) is 0.444. The molecule has 23 heavy (non-hydrogen) atoms. The van der Waals surface area contributed by atoms with E-state index in [1.165, 1.54) is 5.56 Å². The summed E-state index contributed by atoms with van der Waals surface area (Å²) in [5, 5.41) is 3.40. The molecular formula is C18H26N4O. The average molecular weight is 314 g/mol. The standard InChI is InChI=1S/C18H26N4O/c1-5-22(6-2)18-13-17(20-14(3)21-18)19-12-11-15-9-7-8-10-16(15)23-4/h7-10,13H,5-6,11-12H2,1-4H3,(H,19,20,21). The third-order valence-corrected chi connectivity index (χ3v) is 3.80. The van der Waals surface area contributed by atoms with Crippen LogP contribution in [0, 0.1) is 6.92 Å². The molecule has 2 aromatic rings. The number of para-hydroxylation sites is 1. The van der Waals surface area contributed by atoms with E-state index >= 15 is 0 Å². The first-order valence-corrected chi connectivity index (χ1v) is 8.14. The molecule has 0 saturated carbocycles. The van der Waals surface area contributed by atoms with Crippen molar-refractivity contribution in [3.05, 3.63) is 41.7 Å². The van der Waals surface area contributed by atoms with Gasteiger partial charge >= 0.3 is 0 Å². The van der Waals surface area contributed by atoms with E-state index in [1.54, 1.807) is 7.11 Å². The van der Waals surface area contributed by atoms with Crippen LogP contribution in [0.15, 0.2) is 30.3 Å². The highest BCUT2D eigenvalue weighted by Gasteiger charge is 2.07. The largest absolute Gasteiger partial charge is 0.496 e. The molecule has 0 aliphatic heterocycles. The molecule has 0 fully saturated rings. The molecule has 5 nitrogen and oxygen atoms in total. The van der Waals surface area contributed by atoms with E-state index in [0.717, 1.165) is 49.3 Å². The number of nitrogens with zero attached hydrogens (tertiary/aromatic N) is 3. The lowest BCUT2D eigenvalue weighted by atomic mass is 10.1. The highest BCUT2D eigenvalue weighted by atomic mass is 16.5. The lowest BCUT2D eigenvalue weighted by Gasteiger charge is -2.20. The van der Waals surface area contributed by atoms with E-state index in [-0.39, 0.29) is 0 Å². The van der Waals surface area contributed by atoms with Crippen molar-refractivity contribution in [3.63, 3.8) is 0 Å². The normalized spacial score (nSPS) is 10.4. The molecule has 1 N–H and O–H groups in total. The van der Waals surface area contributed by atoms with Gasteiger partial charge < -0.3 is 15.0 Å². The number of aromatic nitrogens is 2. The summed E-state index contributed by atoms with van der Waals surface area (Å²) >= 11 is 0. The predicted octanol–water partition coefficient (Wildman–Crippen LogP) is 3.29. The molecule has 1 heterocycles. The number of hydrogen-bond donors (Lipinski definition) is 1. The summed E-state index contributed by atoms with van der Waals surface area (Å²) in [6.07, 6.45) is 0.883. The van der Waals surface area contributed by atoms with Crippen molar-refractivity contribution in [2.24, 2.45) is 0 Å². The average Bonchev–Trinajstić information content (AvgIpc) is 2.56. The number of benzene rings is 1. The van der Waals surface area contributed by atoms with Crippen LogP contribution in [0.5, 0.6) is 5.75 Å². The molecule has 0 spiro atoms. The second-order valence-electron chi connectivity index (χ2n) is 5.32. The summed E-state index contributed by atoms with van der Waals surface area (Å²) < 4.78 is 5.39. The Bertz CT molecular complexity index is 626. The SMILES string of the molecule is CCN(CC)c1cc(NCCc2ccccc2OC)nc(C)n1. The van der Waals surface area contributed by atoms with Crippen LogP contribution in [0.2, 0.25) is 0 Å². The maximum atomic E-state index is 5.39. The van der Waals surface area contributed by atoms with Crippen LogP contribution in [-0.4, -0.2) is 36.7 Å². The quantitative estimate of drug-likeness (QED) is 0.810. The number of hydrogen-bond acceptors (Lipinski definition) is 5. The first-order valence-electron chi connectivity index (χ1n) is 8.14. The first kappa shape index (κ1) is 17.1. The van der Waals surface area contributed by atoms with Gasteiger partial charge in [0.05, 0.1) is 7.11 Å². The minimum Gasteiger partial charge on any atom is -0.496 e. The molecule has 2 rings (SSSR count). The van der Waals surface area contributed by atoms with E-state index < -0.39 is 0 Å². The molecule has 0 aliphatic carbocycles. The topological polar surface area (TPSA) is 50.3 Å². The zero-order valence-electron chi connectivity index (χ0n) is 14.5. The van der Waals surface area contributed by atoms with E-state index in [0.29, 0.717) is 0 Å². The Kier molecular flexibility index (Phi) is 6.20. The molecule has 0 radical (unpaired) electrons. The third-order valence-electron chi connectivity index (χ3n) is 3.80.